The second-order valence-electron chi connectivity index (χ2n) is 8.69. The van der Waals surface area contributed by atoms with Gasteiger partial charge < -0.3 is 10.2 Å². The highest BCUT2D eigenvalue weighted by molar-refractivity contribution is 5.97. The van der Waals surface area contributed by atoms with Crippen molar-refractivity contribution in [2.75, 3.05) is 0 Å². The van der Waals surface area contributed by atoms with Crippen LogP contribution in [0.5, 0.6) is 0 Å². The maximum atomic E-state index is 12.9. The summed E-state index contributed by atoms with van der Waals surface area (Å²) in [7, 11) is 0. The van der Waals surface area contributed by atoms with Crippen molar-refractivity contribution in [2.45, 2.75) is 64.6 Å². The van der Waals surface area contributed by atoms with Crippen LogP contribution in [0, 0.1) is 28.6 Å². The third-order valence-corrected chi connectivity index (χ3v) is 7.63. The zero-order valence-electron chi connectivity index (χ0n) is 13.9. The number of Topliss-reactive ketones (excluding diaryl/α,β-unsaturated/α-hetero) is 1. The molecule has 3 saturated carbocycles. The Morgan fingerprint density at radius 2 is 1.74 bits per heavy atom. The van der Waals surface area contributed by atoms with Crippen LogP contribution in [0.4, 0.5) is 0 Å². The zero-order chi connectivity index (χ0) is 16.6. The van der Waals surface area contributed by atoms with E-state index in [1.54, 1.807) is 6.08 Å². The van der Waals surface area contributed by atoms with E-state index in [0.717, 1.165) is 31.3 Å². The highest BCUT2D eigenvalue weighted by Gasteiger charge is 2.63. The molecule has 7 atom stereocenters. The van der Waals surface area contributed by atoms with Crippen molar-refractivity contribution < 1.29 is 19.8 Å². The maximum Gasteiger partial charge on any atom is 0.159 e. The van der Waals surface area contributed by atoms with Crippen LogP contribution in [-0.4, -0.2) is 34.0 Å². The van der Waals surface area contributed by atoms with E-state index in [-0.39, 0.29) is 47.3 Å². The fraction of sp³-hybridized carbons (Fsp3) is 0.789. The first-order valence-electron chi connectivity index (χ1n) is 8.92. The van der Waals surface area contributed by atoms with Crippen LogP contribution >= 0.6 is 0 Å². The predicted molar refractivity (Wildman–Crippen MR) is 84.5 cm³/mol. The summed E-state index contributed by atoms with van der Waals surface area (Å²) >= 11 is 0. The van der Waals surface area contributed by atoms with Gasteiger partial charge in [0.15, 0.2) is 5.78 Å². The molecule has 4 aliphatic carbocycles. The minimum atomic E-state index is -0.683. The SMILES string of the molecule is C[C@]12CC[C@H](O)CC1=CC(=O)C1C2CC[C@]2(C)C(=O)CC(O)C12. The number of rotatable bonds is 0. The quantitative estimate of drug-likeness (QED) is 0.717. The van der Waals surface area contributed by atoms with Crippen molar-refractivity contribution in [1.82, 2.24) is 0 Å². The molecule has 0 spiro atoms. The monoisotopic (exact) mass is 318 g/mol. The topological polar surface area (TPSA) is 74.6 Å². The molecule has 0 aliphatic heterocycles. The molecular formula is C19H26O4. The molecule has 4 unspecified atom stereocenters. The molecule has 0 aromatic carbocycles. The fourth-order valence-electron chi connectivity index (χ4n) is 6.21. The van der Waals surface area contributed by atoms with Gasteiger partial charge in [0, 0.05) is 23.7 Å². The minimum Gasteiger partial charge on any atom is -0.393 e. The Morgan fingerprint density at radius 3 is 2.48 bits per heavy atom. The van der Waals surface area contributed by atoms with Gasteiger partial charge in [-0.1, -0.05) is 19.4 Å². The predicted octanol–water partition coefficient (Wildman–Crippen LogP) is 2.03. The van der Waals surface area contributed by atoms with E-state index < -0.39 is 11.5 Å². The van der Waals surface area contributed by atoms with Crippen LogP contribution in [0.2, 0.25) is 0 Å². The molecular weight excluding hydrogens is 292 g/mol. The fourth-order valence-corrected chi connectivity index (χ4v) is 6.21. The Hall–Kier alpha value is -1.00. The summed E-state index contributed by atoms with van der Waals surface area (Å²) in [6, 6.07) is 0. The van der Waals surface area contributed by atoms with Crippen LogP contribution < -0.4 is 0 Å². The van der Waals surface area contributed by atoms with Gasteiger partial charge in [-0.15, -0.1) is 0 Å². The standard InChI is InChI=1S/C19H26O4/c1-18-5-3-11(20)7-10(18)8-13(21)16-12(18)4-6-19(2)15(23)9-14(22)17(16)19/h8,11-12,14,16-17,20,22H,3-7,9H2,1-2H3/t11-,12?,14?,16?,17?,18-,19+/m0/s1. The lowest BCUT2D eigenvalue weighted by molar-refractivity contribution is -0.143. The number of allylic oxidation sites excluding steroid dienone is 1. The van der Waals surface area contributed by atoms with E-state index in [4.69, 9.17) is 0 Å². The molecule has 2 N–H and O–H groups in total. The van der Waals surface area contributed by atoms with Crippen LogP contribution in [0.15, 0.2) is 11.6 Å². The molecule has 126 valence electrons. The molecule has 23 heavy (non-hydrogen) atoms. The number of carbonyl (C=O) groups is 2. The summed E-state index contributed by atoms with van der Waals surface area (Å²) < 4.78 is 0. The smallest absolute Gasteiger partial charge is 0.159 e. The van der Waals surface area contributed by atoms with Gasteiger partial charge in [0.2, 0.25) is 0 Å². The van der Waals surface area contributed by atoms with Crippen molar-refractivity contribution in [3.05, 3.63) is 11.6 Å². The Morgan fingerprint density at radius 1 is 1.04 bits per heavy atom. The number of aliphatic hydroxyl groups excluding tert-OH is 2. The highest BCUT2D eigenvalue weighted by Crippen LogP contribution is 2.63. The van der Waals surface area contributed by atoms with Crippen molar-refractivity contribution in [1.29, 1.82) is 0 Å². The van der Waals surface area contributed by atoms with Crippen LogP contribution in [0.25, 0.3) is 0 Å². The number of aliphatic hydroxyl groups is 2. The van der Waals surface area contributed by atoms with Crippen LogP contribution in [0.3, 0.4) is 0 Å². The Balaban J connectivity index is 1.79. The Bertz CT molecular complexity index is 608. The number of ketones is 2. The first-order valence-corrected chi connectivity index (χ1v) is 8.92. The normalized spacial score (nSPS) is 52.5. The van der Waals surface area contributed by atoms with Crippen LogP contribution in [-0.2, 0) is 9.59 Å². The lowest BCUT2D eigenvalue weighted by Crippen LogP contribution is -2.55. The molecule has 0 bridgehead atoms. The Labute approximate surface area is 137 Å². The van der Waals surface area contributed by atoms with Crippen LogP contribution in [0.1, 0.15) is 52.4 Å². The summed E-state index contributed by atoms with van der Waals surface area (Å²) in [4.78, 5) is 25.3. The van der Waals surface area contributed by atoms with Crippen molar-refractivity contribution in [3.8, 4) is 0 Å². The molecule has 3 fully saturated rings. The van der Waals surface area contributed by atoms with Crippen molar-refractivity contribution in [3.63, 3.8) is 0 Å². The summed E-state index contributed by atoms with van der Waals surface area (Å²) in [5.74, 6) is -0.0791. The molecule has 0 aromatic rings. The van der Waals surface area contributed by atoms with Crippen molar-refractivity contribution in [2.24, 2.45) is 28.6 Å². The van der Waals surface area contributed by atoms with Gasteiger partial charge in [0.25, 0.3) is 0 Å². The summed E-state index contributed by atoms with van der Waals surface area (Å²) in [6.07, 6.45) is 4.81. The van der Waals surface area contributed by atoms with Gasteiger partial charge in [0.05, 0.1) is 12.2 Å². The van der Waals surface area contributed by atoms with Gasteiger partial charge in [-0.05, 0) is 49.5 Å². The molecule has 4 nitrogen and oxygen atoms in total. The highest BCUT2D eigenvalue weighted by atomic mass is 16.3. The molecule has 0 radical (unpaired) electrons. The third-order valence-electron chi connectivity index (χ3n) is 7.63. The molecule has 4 heteroatoms. The minimum absolute atomic E-state index is 0.0650. The summed E-state index contributed by atoms with van der Waals surface area (Å²) in [6.45, 7) is 4.17. The van der Waals surface area contributed by atoms with Crippen molar-refractivity contribution >= 4 is 11.6 Å². The Kier molecular flexibility index (Phi) is 3.21. The van der Waals surface area contributed by atoms with Gasteiger partial charge in [-0.25, -0.2) is 0 Å². The molecule has 4 aliphatic rings. The molecule has 0 aromatic heterocycles. The average molecular weight is 318 g/mol. The summed E-state index contributed by atoms with van der Waals surface area (Å²) in [5, 5.41) is 20.5. The van der Waals surface area contributed by atoms with Gasteiger partial charge in [-0.2, -0.15) is 0 Å². The number of hydrogen-bond acceptors (Lipinski definition) is 4. The van der Waals surface area contributed by atoms with E-state index in [2.05, 4.69) is 6.92 Å². The number of carbonyl (C=O) groups excluding carboxylic acids is 2. The first kappa shape index (κ1) is 15.5. The second kappa shape index (κ2) is 4.76. The number of hydrogen-bond donors (Lipinski definition) is 2. The van der Waals surface area contributed by atoms with E-state index in [1.165, 1.54) is 0 Å². The average Bonchev–Trinajstić information content (AvgIpc) is 2.71. The zero-order valence-corrected chi connectivity index (χ0v) is 13.9. The van der Waals surface area contributed by atoms with Gasteiger partial charge in [0.1, 0.15) is 5.78 Å². The first-order chi connectivity index (χ1) is 10.8. The van der Waals surface area contributed by atoms with Gasteiger partial charge >= 0.3 is 0 Å². The van der Waals surface area contributed by atoms with E-state index >= 15 is 0 Å². The molecule has 0 heterocycles. The largest absolute Gasteiger partial charge is 0.393 e. The van der Waals surface area contributed by atoms with E-state index in [1.807, 2.05) is 6.92 Å². The third kappa shape index (κ3) is 1.91. The summed E-state index contributed by atoms with van der Waals surface area (Å²) in [5.41, 5.74) is 0.487. The lowest BCUT2D eigenvalue weighted by atomic mass is 9.47. The molecule has 4 rings (SSSR count). The second-order valence-corrected chi connectivity index (χ2v) is 8.69. The van der Waals surface area contributed by atoms with E-state index in [9.17, 15) is 19.8 Å². The number of fused-ring (bicyclic) bond motifs is 5. The lowest BCUT2D eigenvalue weighted by Gasteiger charge is -2.56. The molecule has 0 amide bonds. The molecule has 0 saturated heterocycles. The maximum absolute atomic E-state index is 12.9. The van der Waals surface area contributed by atoms with Gasteiger partial charge in [-0.3, -0.25) is 9.59 Å². The van der Waals surface area contributed by atoms with E-state index in [0.29, 0.717) is 6.42 Å².